The molecule has 1 amide bonds. The molecule has 0 aliphatic heterocycles. The molecule has 0 saturated heterocycles. The minimum Gasteiger partial charge on any atom is -0.493 e. The van der Waals surface area contributed by atoms with Gasteiger partial charge in [0.15, 0.2) is 11.5 Å². The van der Waals surface area contributed by atoms with Crippen LogP contribution in [0, 0.1) is 0 Å². The molecule has 5 nitrogen and oxygen atoms in total. The summed E-state index contributed by atoms with van der Waals surface area (Å²) in [4.78, 5) is 14.6. The van der Waals surface area contributed by atoms with Crippen LogP contribution in [0.25, 0.3) is 0 Å². The molecule has 0 atom stereocenters. The summed E-state index contributed by atoms with van der Waals surface area (Å²) in [7, 11) is 4.66. The number of nitrogens with zero attached hydrogens (tertiary/aromatic N) is 1. The zero-order chi connectivity index (χ0) is 19.1. The van der Waals surface area contributed by atoms with Crippen LogP contribution < -0.4 is 14.2 Å². The molecule has 26 heavy (non-hydrogen) atoms. The lowest BCUT2D eigenvalue weighted by Crippen LogP contribution is -2.31. The molecule has 0 bridgehead atoms. The van der Waals surface area contributed by atoms with E-state index in [4.69, 9.17) is 25.8 Å². The summed E-state index contributed by atoms with van der Waals surface area (Å²) in [6.07, 6.45) is 0.241. The maximum absolute atomic E-state index is 12.8. The van der Waals surface area contributed by atoms with Crippen molar-refractivity contribution in [2.75, 3.05) is 27.9 Å². The van der Waals surface area contributed by atoms with Gasteiger partial charge in [-0.15, -0.1) is 0 Å². The largest absolute Gasteiger partial charge is 0.493 e. The standard InChI is InChI=1S/C20H24ClNO4/c1-5-22(13-14-7-6-8-16(21)9-14)19(23)12-15-10-17(24-2)20(26-4)18(11-15)25-3/h6-11H,5,12-13H2,1-4H3. The number of halogens is 1. The van der Waals surface area contributed by atoms with Gasteiger partial charge in [0.05, 0.1) is 27.8 Å². The van der Waals surface area contributed by atoms with Crippen molar-refractivity contribution in [3.05, 3.63) is 52.5 Å². The first-order chi connectivity index (χ1) is 12.5. The molecule has 0 radical (unpaired) electrons. The first-order valence-electron chi connectivity index (χ1n) is 8.33. The third-order valence-electron chi connectivity index (χ3n) is 4.08. The second kappa shape index (κ2) is 9.34. The van der Waals surface area contributed by atoms with Crippen LogP contribution in [0.4, 0.5) is 0 Å². The van der Waals surface area contributed by atoms with Gasteiger partial charge in [0.1, 0.15) is 0 Å². The number of ether oxygens (including phenoxy) is 3. The van der Waals surface area contributed by atoms with Gasteiger partial charge in [-0.05, 0) is 42.3 Å². The van der Waals surface area contributed by atoms with Crippen molar-refractivity contribution in [1.29, 1.82) is 0 Å². The quantitative estimate of drug-likeness (QED) is 0.698. The van der Waals surface area contributed by atoms with Crippen LogP contribution in [0.1, 0.15) is 18.1 Å². The van der Waals surface area contributed by atoms with Crippen molar-refractivity contribution in [2.24, 2.45) is 0 Å². The van der Waals surface area contributed by atoms with E-state index in [1.807, 2.05) is 31.2 Å². The van der Waals surface area contributed by atoms with E-state index in [1.165, 1.54) is 0 Å². The number of carbonyl (C=O) groups is 1. The Morgan fingerprint density at radius 1 is 1.00 bits per heavy atom. The maximum atomic E-state index is 12.8. The molecule has 0 unspecified atom stereocenters. The summed E-state index contributed by atoms with van der Waals surface area (Å²) in [5.74, 6) is 1.60. The summed E-state index contributed by atoms with van der Waals surface area (Å²) in [5, 5.41) is 0.663. The SMILES string of the molecule is CCN(Cc1cccc(Cl)c1)C(=O)Cc1cc(OC)c(OC)c(OC)c1. The normalized spacial score (nSPS) is 10.3. The fourth-order valence-corrected chi connectivity index (χ4v) is 2.97. The Morgan fingerprint density at radius 2 is 1.65 bits per heavy atom. The van der Waals surface area contributed by atoms with Gasteiger partial charge < -0.3 is 19.1 Å². The third kappa shape index (κ3) is 4.82. The number of carbonyl (C=O) groups excluding carboxylic acids is 1. The minimum absolute atomic E-state index is 0.0155. The van der Waals surface area contributed by atoms with Crippen LogP contribution in [-0.4, -0.2) is 38.7 Å². The van der Waals surface area contributed by atoms with Gasteiger partial charge in [0, 0.05) is 18.1 Å². The molecule has 0 aromatic heterocycles. The highest BCUT2D eigenvalue weighted by Gasteiger charge is 2.18. The monoisotopic (exact) mass is 377 g/mol. The maximum Gasteiger partial charge on any atom is 0.227 e. The molecule has 2 rings (SSSR count). The number of amides is 1. The molecular weight excluding hydrogens is 354 g/mol. The lowest BCUT2D eigenvalue weighted by molar-refractivity contribution is -0.130. The van der Waals surface area contributed by atoms with Gasteiger partial charge in [0.25, 0.3) is 0 Å². The fourth-order valence-electron chi connectivity index (χ4n) is 2.76. The van der Waals surface area contributed by atoms with Gasteiger partial charge in [-0.3, -0.25) is 4.79 Å². The van der Waals surface area contributed by atoms with E-state index < -0.39 is 0 Å². The molecule has 0 saturated carbocycles. The summed E-state index contributed by atoms with van der Waals surface area (Å²) < 4.78 is 16.0. The minimum atomic E-state index is 0.0155. The Hall–Kier alpha value is -2.40. The summed E-state index contributed by atoms with van der Waals surface area (Å²) in [6, 6.07) is 11.1. The summed E-state index contributed by atoms with van der Waals surface area (Å²) in [5.41, 5.74) is 1.80. The number of hydrogen-bond acceptors (Lipinski definition) is 4. The first kappa shape index (κ1) is 19.9. The van der Waals surface area contributed by atoms with E-state index in [-0.39, 0.29) is 12.3 Å². The van der Waals surface area contributed by atoms with Gasteiger partial charge in [-0.25, -0.2) is 0 Å². The van der Waals surface area contributed by atoms with Gasteiger partial charge >= 0.3 is 0 Å². The van der Waals surface area contributed by atoms with E-state index in [1.54, 1.807) is 38.4 Å². The van der Waals surface area contributed by atoms with Crippen LogP contribution in [-0.2, 0) is 17.8 Å². The van der Waals surface area contributed by atoms with Crippen molar-refractivity contribution in [2.45, 2.75) is 19.9 Å². The average Bonchev–Trinajstić information content (AvgIpc) is 2.65. The van der Waals surface area contributed by atoms with E-state index in [2.05, 4.69) is 0 Å². The van der Waals surface area contributed by atoms with Crippen molar-refractivity contribution in [3.63, 3.8) is 0 Å². The lowest BCUT2D eigenvalue weighted by atomic mass is 10.1. The van der Waals surface area contributed by atoms with E-state index in [0.717, 1.165) is 11.1 Å². The predicted octanol–water partition coefficient (Wildman–Crippen LogP) is 3.96. The molecule has 0 aliphatic carbocycles. The summed E-state index contributed by atoms with van der Waals surface area (Å²) >= 11 is 6.03. The molecule has 0 aliphatic rings. The highest BCUT2D eigenvalue weighted by molar-refractivity contribution is 6.30. The Kier molecular flexibility index (Phi) is 7.16. The van der Waals surface area contributed by atoms with Gasteiger partial charge in [-0.1, -0.05) is 23.7 Å². The zero-order valence-corrected chi connectivity index (χ0v) is 16.3. The van der Waals surface area contributed by atoms with E-state index in [0.29, 0.717) is 35.4 Å². The lowest BCUT2D eigenvalue weighted by Gasteiger charge is -2.22. The van der Waals surface area contributed by atoms with E-state index >= 15 is 0 Å². The fraction of sp³-hybridized carbons (Fsp3) is 0.350. The third-order valence-corrected chi connectivity index (χ3v) is 4.31. The van der Waals surface area contributed by atoms with Gasteiger partial charge in [-0.2, -0.15) is 0 Å². The van der Waals surface area contributed by atoms with Crippen molar-refractivity contribution >= 4 is 17.5 Å². The van der Waals surface area contributed by atoms with Crippen LogP contribution in [0.3, 0.4) is 0 Å². The second-order valence-electron chi connectivity index (χ2n) is 5.75. The molecule has 0 heterocycles. The molecule has 2 aromatic carbocycles. The molecule has 2 aromatic rings. The summed E-state index contributed by atoms with van der Waals surface area (Å²) in [6.45, 7) is 3.08. The molecule has 0 spiro atoms. The van der Waals surface area contributed by atoms with Crippen molar-refractivity contribution in [1.82, 2.24) is 4.90 Å². The Balaban J connectivity index is 2.19. The Labute approximate surface area is 159 Å². The van der Waals surface area contributed by atoms with Crippen molar-refractivity contribution < 1.29 is 19.0 Å². The molecular formula is C20H24ClNO4. The first-order valence-corrected chi connectivity index (χ1v) is 8.71. The highest BCUT2D eigenvalue weighted by Crippen LogP contribution is 2.38. The van der Waals surface area contributed by atoms with Crippen LogP contribution in [0.5, 0.6) is 17.2 Å². The highest BCUT2D eigenvalue weighted by atomic mass is 35.5. The molecule has 140 valence electrons. The van der Waals surface area contributed by atoms with Crippen LogP contribution in [0.2, 0.25) is 5.02 Å². The zero-order valence-electron chi connectivity index (χ0n) is 15.5. The van der Waals surface area contributed by atoms with Crippen molar-refractivity contribution in [3.8, 4) is 17.2 Å². The smallest absolute Gasteiger partial charge is 0.227 e. The predicted molar refractivity (Wildman–Crippen MR) is 102 cm³/mol. The number of likely N-dealkylation sites (N-methyl/N-ethyl adjacent to an activating group) is 1. The molecule has 0 N–H and O–H groups in total. The Bertz CT molecular complexity index is 738. The molecule has 0 fully saturated rings. The van der Waals surface area contributed by atoms with Crippen LogP contribution >= 0.6 is 11.6 Å². The topological polar surface area (TPSA) is 48.0 Å². The van der Waals surface area contributed by atoms with E-state index in [9.17, 15) is 4.79 Å². The number of benzene rings is 2. The molecule has 6 heteroatoms. The number of hydrogen-bond donors (Lipinski definition) is 0. The second-order valence-corrected chi connectivity index (χ2v) is 6.18. The average molecular weight is 378 g/mol. The Morgan fingerprint density at radius 3 is 2.15 bits per heavy atom. The number of rotatable bonds is 8. The van der Waals surface area contributed by atoms with Gasteiger partial charge in [0.2, 0.25) is 11.7 Å². The van der Waals surface area contributed by atoms with Crippen LogP contribution in [0.15, 0.2) is 36.4 Å². The number of methoxy groups -OCH3 is 3.